The van der Waals surface area contributed by atoms with Gasteiger partial charge in [0.15, 0.2) is 11.5 Å². The Balaban J connectivity index is 2.02. The lowest BCUT2D eigenvalue weighted by Crippen LogP contribution is -2.55. The van der Waals surface area contributed by atoms with Crippen LogP contribution in [-0.4, -0.2) is 42.5 Å². The van der Waals surface area contributed by atoms with Crippen molar-refractivity contribution in [1.82, 2.24) is 4.90 Å². The molecular formula is C25H31NO4. The van der Waals surface area contributed by atoms with E-state index in [4.69, 9.17) is 9.15 Å². The highest BCUT2D eigenvalue weighted by molar-refractivity contribution is 5.83. The summed E-state index contributed by atoms with van der Waals surface area (Å²) in [6.07, 6.45) is 8.83. The van der Waals surface area contributed by atoms with Crippen molar-refractivity contribution in [2.75, 3.05) is 20.7 Å². The molecule has 1 aromatic carbocycles. The molecule has 3 atom stereocenters. The van der Waals surface area contributed by atoms with Crippen LogP contribution in [0.25, 0.3) is 11.1 Å². The summed E-state index contributed by atoms with van der Waals surface area (Å²) in [4.78, 5) is 15.1. The fraction of sp³-hybridized carbons (Fsp3) is 0.480. The molecule has 2 aliphatic rings. The second-order valence-corrected chi connectivity index (χ2v) is 8.71. The van der Waals surface area contributed by atoms with Crippen molar-refractivity contribution in [3.8, 4) is 22.6 Å². The topological polar surface area (TPSA) is 62.9 Å². The van der Waals surface area contributed by atoms with E-state index in [1.54, 1.807) is 19.6 Å². The Morgan fingerprint density at radius 1 is 1.47 bits per heavy atom. The van der Waals surface area contributed by atoms with Crippen molar-refractivity contribution < 1.29 is 19.1 Å². The Hall–Kier alpha value is -2.53. The van der Waals surface area contributed by atoms with E-state index in [2.05, 4.69) is 25.5 Å². The minimum absolute atomic E-state index is 0.186. The zero-order valence-corrected chi connectivity index (χ0v) is 18.1. The van der Waals surface area contributed by atoms with Crippen molar-refractivity contribution in [2.24, 2.45) is 5.92 Å². The smallest absolute Gasteiger partial charge is 0.161 e. The molecule has 0 saturated heterocycles. The molecule has 2 aromatic rings. The number of fused-ring (bicyclic) bond motifs is 3. The van der Waals surface area contributed by atoms with Crippen molar-refractivity contribution >= 4 is 5.78 Å². The summed E-state index contributed by atoms with van der Waals surface area (Å²) >= 11 is 0. The molecule has 5 heteroatoms. The van der Waals surface area contributed by atoms with Gasteiger partial charge in [0.05, 0.1) is 19.6 Å². The standard InChI is InChI=1S/C25H31NO4/c1-5-10-26(3)21-12-19-18(16-9-11-30-15-16)13-22(29-4)24(28)23(19)25(6-2)14-17(27)7-8-20(21)25/h5,9,11,13,15,20-21,28H,1,6-8,10,12,14H2,2-4H3/t20?,21?,25-/m1/s1. The fourth-order valence-electron chi connectivity index (χ4n) is 5.98. The molecular weight excluding hydrogens is 378 g/mol. The van der Waals surface area contributed by atoms with E-state index < -0.39 is 5.41 Å². The van der Waals surface area contributed by atoms with Gasteiger partial charge in [0.1, 0.15) is 5.78 Å². The van der Waals surface area contributed by atoms with E-state index in [-0.39, 0.29) is 23.5 Å². The zero-order valence-electron chi connectivity index (χ0n) is 18.1. The highest BCUT2D eigenvalue weighted by atomic mass is 16.5. The van der Waals surface area contributed by atoms with E-state index in [1.165, 1.54) is 0 Å². The highest BCUT2D eigenvalue weighted by Gasteiger charge is 2.53. The normalized spacial score (nSPS) is 25.7. The number of phenolic OH excluding ortho intramolecular Hbond substituents is 1. The zero-order chi connectivity index (χ0) is 21.5. The van der Waals surface area contributed by atoms with Gasteiger partial charge in [-0.3, -0.25) is 9.69 Å². The minimum Gasteiger partial charge on any atom is -0.504 e. The van der Waals surface area contributed by atoms with Crippen LogP contribution in [-0.2, 0) is 16.6 Å². The molecule has 4 rings (SSSR count). The molecule has 1 heterocycles. The molecule has 2 aliphatic carbocycles. The summed E-state index contributed by atoms with van der Waals surface area (Å²) in [6, 6.07) is 4.10. The van der Waals surface area contributed by atoms with Crippen LogP contribution in [0.5, 0.6) is 11.5 Å². The Morgan fingerprint density at radius 3 is 2.90 bits per heavy atom. The molecule has 0 bridgehead atoms. The average molecular weight is 410 g/mol. The fourth-order valence-corrected chi connectivity index (χ4v) is 5.98. The predicted molar refractivity (Wildman–Crippen MR) is 117 cm³/mol. The van der Waals surface area contributed by atoms with Crippen LogP contribution in [0.4, 0.5) is 0 Å². The molecule has 0 aliphatic heterocycles. The molecule has 1 N–H and O–H groups in total. The number of carbonyl (C=O) groups is 1. The first kappa shape index (κ1) is 20.7. The maximum atomic E-state index is 12.7. The van der Waals surface area contributed by atoms with Crippen molar-refractivity contribution in [2.45, 2.75) is 50.5 Å². The number of benzene rings is 1. The number of methoxy groups -OCH3 is 1. The first-order chi connectivity index (χ1) is 14.5. The molecule has 1 fully saturated rings. The van der Waals surface area contributed by atoms with Gasteiger partial charge in [-0.15, -0.1) is 6.58 Å². The van der Waals surface area contributed by atoms with Crippen LogP contribution in [0.3, 0.4) is 0 Å². The van der Waals surface area contributed by atoms with Crippen LogP contribution in [0, 0.1) is 5.92 Å². The Kier molecular flexibility index (Phi) is 5.49. The SMILES string of the molecule is C=CCN(C)C1Cc2c(-c3ccoc3)cc(OC)c(O)c2[C@]2(CC)CC(=O)CCC12. The number of aromatic hydroxyl groups is 1. The lowest BCUT2D eigenvalue weighted by Gasteiger charge is -2.54. The number of Topliss-reactive ketones (excluding diaryl/α,β-unsaturated/α-hetero) is 1. The number of rotatable bonds is 6. The van der Waals surface area contributed by atoms with Crippen LogP contribution in [0.2, 0.25) is 0 Å². The highest BCUT2D eigenvalue weighted by Crippen LogP contribution is 2.58. The van der Waals surface area contributed by atoms with Gasteiger partial charge in [-0.2, -0.15) is 0 Å². The minimum atomic E-state index is -0.403. The Morgan fingerprint density at radius 2 is 2.27 bits per heavy atom. The summed E-state index contributed by atoms with van der Waals surface area (Å²) in [5.41, 5.74) is 3.57. The molecule has 1 saturated carbocycles. The molecule has 160 valence electrons. The largest absolute Gasteiger partial charge is 0.504 e. The van der Waals surface area contributed by atoms with Gasteiger partial charge in [-0.25, -0.2) is 0 Å². The number of hydrogen-bond donors (Lipinski definition) is 1. The lowest BCUT2D eigenvalue weighted by atomic mass is 9.53. The van der Waals surface area contributed by atoms with E-state index in [0.29, 0.717) is 18.6 Å². The molecule has 0 spiro atoms. The summed E-state index contributed by atoms with van der Waals surface area (Å²) in [7, 11) is 3.71. The number of likely N-dealkylation sites (N-methyl/N-ethyl adjacent to an activating group) is 1. The molecule has 2 unspecified atom stereocenters. The van der Waals surface area contributed by atoms with Crippen molar-refractivity contribution in [3.05, 3.63) is 48.4 Å². The van der Waals surface area contributed by atoms with Gasteiger partial charge in [0, 0.05) is 42.0 Å². The Labute approximate surface area is 178 Å². The van der Waals surface area contributed by atoms with Crippen LogP contribution in [0.1, 0.15) is 43.7 Å². The summed E-state index contributed by atoms with van der Waals surface area (Å²) < 4.78 is 10.9. The molecule has 30 heavy (non-hydrogen) atoms. The monoisotopic (exact) mass is 409 g/mol. The molecule has 5 nitrogen and oxygen atoms in total. The van der Waals surface area contributed by atoms with Gasteiger partial charge < -0.3 is 14.3 Å². The first-order valence-electron chi connectivity index (χ1n) is 10.8. The number of nitrogens with zero attached hydrogens (tertiary/aromatic N) is 1. The van der Waals surface area contributed by atoms with Crippen LogP contribution < -0.4 is 4.74 Å². The quantitative estimate of drug-likeness (QED) is 0.700. The van der Waals surface area contributed by atoms with Gasteiger partial charge in [0.2, 0.25) is 0 Å². The predicted octanol–water partition coefficient (Wildman–Crippen LogP) is 4.72. The molecule has 0 amide bonds. The van der Waals surface area contributed by atoms with Gasteiger partial charge in [-0.05, 0) is 55.5 Å². The number of hydrogen-bond acceptors (Lipinski definition) is 5. The van der Waals surface area contributed by atoms with E-state index in [1.807, 2.05) is 18.2 Å². The van der Waals surface area contributed by atoms with Gasteiger partial charge >= 0.3 is 0 Å². The van der Waals surface area contributed by atoms with E-state index >= 15 is 0 Å². The lowest BCUT2D eigenvalue weighted by molar-refractivity contribution is -0.125. The van der Waals surface area contributed by atoms with E-state index in [9.17, 15) is 9.90 Å². The van der Waals surface area contributed by atoms with E-state index in [0.717, 1.165) is 48.1 Å². The van der Waals surface area contributed by atoms with Crippen molar-refractivity contribution in [1.29, 1.82) is 0 Å². The van der Waals surface area contributed by atoms with Crippen molar-refractivity contribution in [3.63, 3.8) is 0 Å². The number of ether oxygens (including phenoxy) is 1. The number of phenols is 1. The first-order valence-corrected chi connectivity index (χ1v) is 10.8. The average Bonchev–Trinajstić information content (AvgIpc) is 3.27. The third kappa shape index (κ3) is 3.07. The molecule has 1 aromatic heterocycles. The van der Waals surface area contributed by atoms with Gasteiger partial charge in [-0.1, -0.05) is 13.0 Å². The van der Waals surface area contributed by atoms with Crippen LogP contribution in [0.15, 0.2) is 41.7 Å². The molecule has 0 radical (unpaired) electrons. The maximum absolute atomic E-state index is 12.7. The maximum Gasteiger partial charge on any atom is 0.161 e. The third-order valence-electron chi connectivity index (χ3n) is 7.37. The summed E-state index contributed by atoms with van der Waals surface area (Å²) in [6.45, 7) is 6.85. The van der Waals surface area contributed by atoms with Gasteiger partial charge in [0.25, 0.3) is 0 Å². The second-order valence-electron chi connectivity index (χ2n) is 8.71. The second kappa shape index (κ2) is 7.95. The number of carbonyl (C=O) groups excluding carboxylic acids is 1. The Bertz CT molecular complexity index is 949. The summed E-state index contributed by atoms with van der Waals surface area (Å²) in [5.74, 6) is 1.20. The number of furan rings is 1. The van der Waals surface area contributed by atoms with Crippen LogP contribution >= 0.6 is 0 Å². The number of ketones is 1. The summed E-state index contributed by atoms with van der Waals surface area (Å²) in [5, 5.41) is 11.3. The third-order valence-corrected chi connectivity index (χ3v) is 7.37.